The quantitative estimate of drug-likeness (QED) is 0.678. The Kier molecular flexibility index (Phi) is 5.97. The Morgan fingerprint density at radius 1 is 1.25 bits per heavy atom. The van der Waals surface area contributed by atoms with Crippen LogP contribution in [0.2, 0.25) is 0 Å². The standard InChI is InChI=1S/C12H25NO3/c1-7-13-12(5,10(14)16-8-2)9-11(3,4)15-6/h13H,7-9H2,1-6H3. The van der Waals surface area contributed by atoms with E-state index in [1.165, 1.54) is 0 Å². The van der Waals surface area contributed by atoms with Crippen molar-refractivity contribution in [1.29, 1.82) is 0 Å². The first-order valence-corrected chi connectivity index (χ1v) is 5.78. The van der Waals surface area contributed by atoms with Gasteiger partial charge in [-0.3, -0.25) is 4.79 Å². The van der Waals surface area contributed by atoms with E-state index < -0.39 is 5.54 Å². The molecule has 0 aromatic rings. The largest absolute Gasteiger partial charge is 0.465 e. The topological polar surface area (TPSA) is 47.6 Å². The van der Waals surface area contributed by atoms with Gasteiger partial charge in [-0.25, -0.2) is 0 Å². The Morgan fingerprint density at radius 3 is 2.19 bits per heavy atom. The average Bonchev–Trinajstić information content (AvgIpc) is 2.17. The molecule has 0 saturated heterocycles. The van der Waals surface area contributed by atoms with E-state index in [4.69, 9.17) is 9.47 Å². The number of esters is 1. The van der Waals surface area contributed by atoms with Crippen molar-refractivity contribution in [1.82, 2.24) is 5.32 Å². The lowest BCUT2D eigenvalue weighted by atomic mass is 9.87. The molecule has 0 aromatic carbocycles. The van der Waals surface area contributed by atoms with E-state index >= 15 is 0 Å². The molecule has 1 unspecified atom stereocenters. The summed E-state index contributed by atoms with van der Waals surface area (Å²) in [5.41, 5.74) is -1.05. The molecule has 0 heterocycles. The lowest BCUT2D eigenvalue weighted by molar-refractivity contribution is -0.153. The molecule has 4 nitrogen and oxygen atoms in total. The fraction of sp³-hybridized carbons (Fsp3) is 0.917. The van der Waals surface area contributed by atoms with Crippen LogP contribution in [0.25, 0.3) is 0 Å². The van der Waals surface area contributed by atoms with E-state index in [9.17, 15) is 4.79 Å². The normalized spacial score (nSPS) is 15.6. The molecular formula is C12H25NO3. The second-order valence-corrected chi connectivity index (χ2v) is 4.72. The molecule has 16 heavy (non-hydrogen) atoms. The molecule has 0 aliphatic carbocycles. The second kappa shape index (κ2) is 6.21. The summed E-state index contributed by atoms with van der Waals surface area (Å²) in [6.45, 7) is 10.7. The van der Waals surface area contributed by atoms with Gasteiger partial charge in [-0.1, -0.05) is 6.92 Å². The van der Waals surface area contributed by atoms with Gasteiger partial charge in [0.1, 0.15) is 5.54 Å². The van der Waals surface area contributed by atoms with Crippen LogP contribution in [0.15, 0.2) is 0 Å². The molecule has 0 rings (SSSR count). The minimum atomic E-state index is -0.690. The molecule has 0 aliphatic heterocycles. The summed E-state index contributed by atoms with van der Waals surface area (Å²) in [7, 11) is 1.65. The fourth-order valence-corrected chi connectivity index (χ4v) is 1.81. The molecule has 1 atom stereocenters. The third kappa shape index (κ3) is 4.49. The van der Waals surface area contributed by atoms with Crippen molar-refractivity contribution in [2.75, 3.05) is 20.3 Å². The van der Waals surface area contributed by atoms with Crippen LogP contribution in [-0.4, -0.2) is 37.4 Å². The van der Waals surface area contributed by atoms with Crippen LogP contribution in [0, 0.1) is 0 Å². The zero-order valence-corrected chi connectivity index (χ0v) is 11.3. The van der Waals surface area contributed by atoms with Crippen LogP contribution >= 0.6 is 0 Å². The lowest BCUT2D eigenvalue weighted by Gasteiger charge is -2.35. The van der Waals surface area contributed by atoms with Gasteiger partial charge in [0.2, 0.25) is 0 Å². The first-order chi connectivity index (χ1) is 7.31. The summed E-state index contributed by atoms with van der Waals surface area (Å²) in [5, 5.41) is 3.18. The van der Waals surface area contributed by atoms with Gasteiger partial charge in [-0.2, -0.15) is 0 Å². The Balaban J connectivity index is 4.74. The van der Waals surface area contributed by atoms with Crippen LogP contribution in [0.4, 0.5) is 0 Å². The van der Waals surface area contributed by atoms with Crippen molar-refractivity contribution in [3.63, 3.8) is 0 Å². The summed E-state index contributed by atoms with van der Waals surface area (Å²) in [4.78, 5) is 11.9. The van der Waals surface area contributed by atoms with Gasteiger partial charge in [-0.05, 0) is 34.2 Å². The van der Waals surface area contributed by atoms with Crippen LogP contribution in [0.3, 0.4) is 0 Å². The van der Waals surface area contributed by atoms with E-state index in [2.05, 4.69) is 5.32 Å². The highest BCUT2D eigenvalue weighted by Gasteiger charge is 2.39. The van der Waals surface area contributed by atoms with E-state index in [-0.39, 0.29) is 11.6 Å². The number of ether oxygens (including phenoxy) is 2. The molecule has 0 amide bonds. The summed E-state index contributed by atoms with van der Waals surface area (Å²) >= 11 is 0. The monoisotopic (exact) mass is 231 g/mol. The minimum Gasteiger partial charge on any atom is -0.465 e. The molecule has 0 aromatic heterocycles. The van der Waals surface area contributed by atoms with Crippen molar-refractivity contribution in [3.8, 4) is 0 Å². The van der Waals surface area contributed by atoms with E-state index in [0.29, 0.717) is 13.0 Å². The predicted octanol–water partition coefficient (Wildman–Crippen LogP) is 1.73. The number of likely N-dealkylation sites (N-methyl/N-ethyl adjacent to an activating group) is 1. The highest BCUT2D eigenvalue weighted by molar-refractivity contribution is 5.80. The molecule has 1 N–H and O–H groups in total. The number of hydrogen-bond donors (Lipinski definition) is 1. The van der Waals surface area contributed by atoms with Crippen molar-refractivity contribution >= 4 is 5.97 Å². The Labute approximate surface area is 98.7 Å². The first-order valence-electron chi connectivity index (χ1n) is 5.78. The third-order valence-electron chi connectivity index (χ3n) is 2.62. The number of methoxy groups -OCH3 is 1. The summed E-state index contributed by atoms with van der Waals surface area (Å²) in [5.74, 6) is -0.220. The number of nitrogens with one attached hydrogen (secondary N) is 1. The number of rotatable bonds is 7. The van der Waals surface area contributed by atoms with E-state index in [1.54, 1.807) is 7.11 Å². The van der Waals surface area contributed by atoms with Gasteiger partial charge in [0.25, 0.3) is 0 Å². The van der Waals surface area contributed by atoms with Crippen LogP contribution in [-0.2, 0) is 14.3 Å². The lowest BCUT2D eigenvalue weighted by Crippen LogP contribution is -2.54. The second-order valence-electron chi connectivity index (χ2n) is 4.72. The highest BCUT2D eigenvalue weighted by Crippen LogP contribution is 2.24. The molecule has 0 fully saturated rings. The average molecular weight is 231 g/mol. The van der Waals surface area contributed by atoms with Crippen LogP contribution in [0.5, 0.6) is 0 Å². The summed E-state index contributed by atoms with van der Waals surface area (Å²) in [6.07, 6.45) is 0.573. The van der Waals surface area contributed by atoms with Gasteiger partial charge in [-0.15, -0.1) is 0 Å². The smallest absolute Gasteiger partial charge is 0.326 e. The molecule has 0 radical (unpaired) electrons. The number of carbonyl (C=O) groups excluding carboxylic acids is 1. The maximum absolute atomic E-state index is 11.9. The minimum absolute atomic E-state index is 0.220. The van der Waals surface area contributed by atoms with E-state index in [1.807, 2.05) is 34.6 Å². The Hall–Kier alpha value is -0.610. The van der Waals surface area contributed by atoms with Crippen molar-refractivity contribution in [3.05, 3.63) is 0 Å². The molecule has 0 bridgehead atoms. The molecule has 4 heteroatoms. The predicted molar refractivity (Wildman–Crippen MR) is 64.4 cm³/mol. The van der Waals surface area contributed by atoms with Crippen LogP contribution < -0.4 is 5.32 Å². The molecule has 0 spiro atoms. The first kappa shape index (κ1) is 15.4. The number of hydrogen-bond acceptors (Lipinski definition) is 4. The number of carbonyl (C=O) groups is 1. The maximum Gasteiger partial charge on any atom is 0.326 e. The molecule has 0 saturated carbocycles. The Bertz CT molecular complexity index is 228. The summed E-state index contributed by atoms with van der Waals surface area (Å²) < 4.78 is 10.5. The van der Waals surface area contributed by atoms with E-state index in [0.717, 1.165) is 6.54 Å². The SMILES string of the molecule is CCNC(C)(CC(C)(C)OC)C(=O)OCC. The van der Waals surface area contributed by atoms with Gasteiger partial charge >= 0.3 is 5.97 Å². The van der Waals surface area contributed by atoms with Gasteiger partial charge in [0.05, 0.1) is 12.2 Å². The zero-order chi connectivity index (χ0) is 12.8. The van der Waals surface area contributed by atoms with Gasteiger partial charge < -0.3 is 14.8 Å². The third-order valence-corrected chi connectivity index (χ3v) is 2.62. The van der Waals surface area contributed by atoms with Gasteiger partial charge in [0, 0.05) is 13.5 Å². The van der Waals surface area contributed by atoms with Gasteiger partial charge in [0.15, 0.2) is 0 Å². The van der Waals surface area contributed by atoms with Crippen molar-refractivity contribution in [2.24, 2.45) is 0 Å². The van der Waals surface area contributed by atoms with Crippen molar-refractivity contribution < 1.29 is 14.3 Å². The highest BCUT2D eigenvalue weighted by atomic mass is 16.5. The Morgan fingerprint density at radius 2 is 1.81 bits per heavy atom. The van der Waals surface area contributed by atoms with Crippen LogP contribution in [0.1, 0.15) is 41.0 Å². The zero-order valence-electron chi connectivity index (χ0n) is 11.3. The molecule has 96 valence electrons. The molecule has 0 aliphatic rings. The fourth-order valence-electron chi connectivity index (χ4n) is 1.81. The maximum atomic E-state index is 11.9. The molecular weight excluding hydrogens is 206 g/mol. The van der Waals surface area contributed by atoms with Crippen molar-refractivity contribution in [2.45, 2.75) is 52.2 Å². The summed E-state index contributed by atoms with van der Waals surface area (Å²) in [6, 6.07) is 0.